The number of benzene rings is 2. The molecule has 1 saturated carbocycles. The summed E-state index contributed by atoms with van der Waals surface area (Å²) in [6, 6.07) is 14.0. The Morgan fingerprint density at radius 3 is 2.39 bits per heavy atom. The van der Waals surface area contributed by atoms with Gasteiger partial charge in [0.25, 0.3) is 0 Å². The lowest BCUT2D eigenvalue weighted by Crippen LogP contribution is -2.36. The van der Waals surface area contributed by atoms with Crippen molar-refractivity contribution in [3.63, 3.8) is 0 Å². The van der Waals surface area contributed by atoms with Gasteiger partial charge in [-0.15, -0.1) is 0 Å². The summed E-state index contributed by atoms with van der Waals surface area (Å²) < 4.78 is 0. The SMILES string of the molecule is CC(NC(=O)CCN1C(=O)C2CCCCC2C1=O)c1cccc2ccccc12. The zero-order valence-corrected chi connectivity index (χ0v) is 16.2. The molecule has 1 heterocycles. The van der Waals surface area contributed by atoms with Gasteiger partial charge in [-0.05, 0) is 36.1 Å². The maximum atomic E-state index is 12.5. The van der Waals surface area contributed by atoms with Crippen LogP contribution in [0.15, 0.2) is 42.5 Å². The minimum Gasteiger partial charge on any atom is -0.350 e. The van der Waals surface area contributed by atoms with Crippen LogP contribution in [0.2, 0.25) is 0 Å². The Balaban J connectivity index is 1.38. The molecule has 146 valence electrons. The van der Waals surface area contributed by atoms with Crippen LogP contribution in [0.3, 0.4) is 0 Å². The third-order valence-electron chi connectivity index (χ3n) is 6.16. The molecule has 5 nitrogen and oxygen atoms in total. The second-order valence-electron chi connectivity index (χ2n) is 7.93. The summed E-state index contributed by atoms with van der Waals surface area (Å²) in [4.78, 5) is 38.9. The Morgan fingerprint density at radius 1 is 1.04 bits per heavy atom. The van der Waals surface area contributed by atoms with Crippen molar-refractivity contribution >= 4 is 28.5 Å². The molecule has 28 heavy (non-hydrogen) atoms. The van der Waals surface area contributed by atoms with Gasteiger partial charge in [-0.2, -0.15) is 0 Å². The number of hydrogen-bond donors (Lipinski definition) is 1. The maximum absolute atomic E-state index is 12.5. The Labute approximate surface area is 165 Å². The second-order valence-corrected chi connectivity index (χ2v) is 7.93. The predicted molar refractivity (Wildman–Crippen MR) is 107 cm³/mol. The highest BCUT2D eigenvalue weighted by atomic mass is 16.2. The summed E-state index contributed by atoms with van der Waals surface area (Å²) in [6.07, 6.45) is 3.77. The van der Waals surface area contributed by atoms with Crippen LogP contribution in [0, 0.1) is 11.8 Å². The molecule has 0 radical (unpaired) electrons. The van der Waals surface area contributed by atoms with Gasteiger partial charge < -0.3 is 5.32 Å². The monoisotopic (exact) mass is 378 g/mol. The fourth-order valence-corrected chi connectivity index (χ4v) is 4.68. The number of hydrogen-bond acceptors (Lipinski definition) is 3. The molecule has 1 aliphatic carbocycles. The third kappa shape index (κ3) is 3.41. The van der Waals surface area contributed by atoms with Gasteiger partial charge in [-0.25, -0.2) is 0 Å². The molecule has 2 aromatic carbocycles. The van der Waals surface area contributed by atoms with E-state index in [2.05, 4.69) is 23.5 Å². The lowest BCUT2D eigenvalue weighted by Gasteiger charge is -2.19. The Morgan fingerprint density at radius 2 is 1.68 bits per heavy atom. The van der Waals surface area contributed by atoms with E-state index < -0.39 is 0 Å². The highest BCUT2D eigenvalue weighted by molar-refractivity contribution is 6.05. The molecule has 0 bridgehead atoms. The van der Waals surface area contributed by atoms with Crippen molar-refractivity contribution in [2.45, 2.75) is 45.1 Å². The van der Waals surface area contributed by atoms with Gasteiger partial charge in [0.05, 0.1) is 17.9 Å². The van der Waals surface area contributed by atoms with Crippen LogP contribution in [-0.4, -0.2) is 29.2 Å². The summed E-state index contributed by atoms with van der Waals surface area (Å²) in [5, 5.41) is 5.27. The number of likely N-dealkylation sites (tertiary alicyclic amines) is 1. The largest absolute Gasteiger partial charge is 0.350 e. The number of nitrogens with one attached hydrogen (secondary N) is 1. The smallest absolute Gasteiger partial charge is 0.233 e. The van der Waals surface area contributed by atoms with E-state index in [9.17, 15) is 14.4 Å². The van der Waals surface area contributed by atoms with Gasteiger partial charge in [0, 0.05) is 13.0 Å². The second kappa shape index (κ2) is 7.74. The van der Waals surface area contributed by atoms with Crippen LogP contribution >= 0.6 is 0 Å². The van der Waals surface area contributed by atoms with Crippen LogP contribution in [0.1, 0.15) is 50.6 Å². The molecule has 1 aliphatic heterocycles. The quantitative estimate of drug-likeness (QED) is 0.809. The van der Waals surface area contributed by atoms with Crippen LogP contribution < -0.4 is 5.32 Å². The molecule has 2 aliphatic rings. The zero-order valence-electron chi connectivity index (χ0n) is 16.2. The van der Waals surface area contributed by atoms with Crippen molar-refractivity contribution < 1.29 is 14.4 Å². The first-order chi connectivity index (χ1) is 13.6. The molecular weight excluding hydrogens is 352 g/mol. The summed E-state index contributed by atoms with van der Waals surface area (Å²) in [5.74, 6) is -0.608. The summed E-state index contributed by atoms with van der Waals surface area (Å²) in [7, 11) is 0. The number of fused-ring (bicyclic) bond motifs is 2. The molecular formula is C23H26N2O3. The molecule has 1 saturated heterocycles. The Kier molecular flexibility index (Phi) is 5.16. The van der Waals surface area contributed by atoms with Crippen molar-refractivity contribution in [3.05, 3.63) is 48.0 Å². The average molecular weight is 378 g/mol. The molecule has 1 N–H and O–H groups in total. The van der Waals surface area contributed by atoms with E-state index in [1.54, 1.807) is 0 Å². The number of nitrogens with zero attached hydrogens (tertiary/aromatic N) is 1. The first kappa shape index (κ1) is 18.7. The van der Waals surface area contributed by atoms with E-state index in [4.69, 9.17) is 0 Å². The Bertz CT molecular complexity index is 894. The van der Waals surface area contributed by atoms with Crippen molar-refractivity contribution in [3.8, 4) is 0 Å². The lowest BCUT2D eigenvalue weighted by molar-refractivity contribution is -0.140. The molecule has 5 heteroatoms. The first-order valence-corrected chi connectivity index (χ1v) is 10.2. The van der Waals surface area contributed by atoms with Crippen LogP contribution in [-0.2, 0) is 14.4 Å². The molecule has 2 aromatic rings. The standard InChI is InChI=1S/C23H26N2O3/c1-15(17-12-6-8-16-7-2-3-9-18(16)17)24-21(26)13-14-25-22(27)19-10-4-5-11-20(19)23(25)28/h2-3,6-9,12,15,19-20H,4-5,10-11,13-14H2,1H3,(H,24,26). The highest BCUT2D eigenvalue weighted by Gasteiger charge is 2.47. The lowest BCUT2D eigenvalue weighted by atomic mass is 9.81. The summed E-state index contributed by atoms with van der Waals surface area (Å²) >= 11 is 0. The summed E-state index contributed by atoms with van der Waals surface area (Å²) in [6.45, 7) is 2.14. The first-order valence-electron chi connectivity index (χ1n) is 10.2. The predicted octanol–water partition coefficient (Wildman–Crippen LogP) is 3.58. The number of rotatable bonds is 5. The molecule has 4 rings (SSSR count). The van der Waals surface area contributed by atoms with Crippen molar-refractivity contribution in [2.24, 2.45) is 11.8 Å². The van der Waals surface area contributed by atoms with E-state index in [1.807, 2.05) is 31.2 Å². The number of carbonyl (C=O) groups is 3. The van der Waals surface area contributed by atoms with Gasteiger partial charge in [0.2, 0.25) is 17.7 Å². The van der Waals surface area contributed by atoms with Gasteiger partial charge in [0.15, 0.2) is 0 Å². The van der Waals surface area contributed by atoms with E-state index in [0.717, 1.165) is 42.0 Å². The van der Waals surface area contributed by atoms with E-state index >= 15 is 0 Å². The van der Waals surface area contributed by atoms with Gasteiger partial charge in [-0.1, -0.05) is 55.3 Å². The third-order valence-corrected chi connectivity index (χ3v) is 6.16. The Hall–Kier alpha value is -2.69. The fraction of sp³-hybridized carbons (Fsp3) is 0.435. The number of carbonyl (C=O) groups excluding carboxylic acids is 3. The molecule has 0 aromatic heterocycles. The minimum atomic E-state index is -0.154. The average Bonchev–Trinajstić information content (AvgIpc) is 2.96. The normalized spacial score (nSPS) is 23.0. The molecule has 3 amide bonds. The van der Waals surface area contributed by atoms with Crippen molar-refractivity contribution in [1.82, 2.24) is 10.2 Å². The van der Waals surface area contributed by atoms with E-state index in [1.165, 1.54) is 4.90 Å². The zero-order chi connectivity index (χ0) is 19.7. The van der Waals surface area contributed by atoms with Crippen LogP contribution in [0.4, 0.5) is 0 Å². The number of amides is 3. The molecule has 0 spiro atoms. The molecule has 3 atom stereocenters. The molecule has 3 unspecified atom stereocenters. The van der Waals surface area contributed by atoms with Crippen molar-refractivity contribution in [2.75, 3.05) is 6.54 Å². The number of imide groups is 1. The van der Waals surface area contributed by atoms with Gasteiger partial charge in [-0.3, -0.25) is 19.3 Å². The van der Waals surface area contributed by atoms with Crippen LogP contribution in [0.25, 0.3) is 10.8 Å². The highest BCUT2D eigenvalue weighted by Crippen LogP contribution is 2.38. The van der Waals surface area contributed by atoms with Gasteiger partial charge >= 0.3 is 0 Å². The topological polar surface area (TPSA) is 66.5 Å². The van der Waals surface area contributed by atoms with Gasteiger partial charge in [0.1, 0.15) is 0 Å². The fourth-order valence-electron chi connectivity index (χ4n) is 4.68. The van der Waals surface area contributed by atoms with Crippen molar-refractivity contribution in [1.29, 1.82) is 0 Å². The molecule has 2 fully saturated rings. The van der Waals surface area contributed by atoms with E-state index in [0.29, 0.717) is 0 Å². The maximum Gasteiger partial charge on any atom is 0.233 e. The van der Waals surface area contributed by atoms with Crippen LogP contribution in [0.5, 0.6) is 0 Å². The van der Waals surface area contributed by atoms with E-state index in [-0.39, 0.29) is 48.6 Å². The summed E-state index contributed by atoms with van der Waals surface area (Å²) in [5.41, 5.74) is 1.06. The minimum absolute atomic E-state index is 0.0791.